The van der Waals surface area contributed by atoms with Crippen LogP contribution in [0.5, 0.6) is 5.75 Å². The number of fused-ring (bicyclic) bond motifs is 1. The molecule has 0 radical (unpaired) electrons. The second kappa shape index (κ2) is 5.72. The predicted molar refractivity (Wildman–Crippen MR) is 88.3 cm³/mol. The smallest absolute Gasteiger partial charge is 0.406 e. The van der Waals surface area contributed by atoms with E-state index in [0.717, 1.165) is 16.8 Å². The van der Waals surface area contributed by atoms with Gasteiger partial charge in [0.2, 0.25) is 0 Å². The molecule has 0 saturated carbocycles. The van der Waals surface area contributed by atoms with Crippen LogP contribution in [-0.2, 0) is 11.8 Å². The second-order valence-corrected chi connectivity index (χ2v) is 7.14. The van der Waals surface area contributed by atoms with Crippen LogP contribution in [0.25, 0.3) is 0 Å². The Hall–Kier alpha value is -2.17. The summed E-state index contributed by atoms with van der Waals surface area (Å²) in [5.41, 5.74) is 4.16. The SMILES string of the molecule is CC(C)(C)c1ccc(C2Cc3cc(OC(F)(F)F)ccc3N2)cc1. The van der Waals surface area contributed by atoms with Gasteiger partial charge in [-0.25, -0.2) is 0 Å². The highest BCUT2D eigenvalue weighted by Crippen LogP contribution is 2.37. The third kappa shape index (κ3) is 3.66. The molecule has 1 atom stereocenters. The maximum Gasteiger partial charge on any atom is 0.573 e. The van der Waals surface area contributed by atoms with Gasteiger partial charge in [0.1, 0.15) is 5.75 Å². The number of nitrogens with one attached hydrogen (secondary N) is 1. The zero-order valence-corrected chi connectivity index (χ0v) is 13.9. The minimum atomic E-state index is -4.66. The van der Waals surface area contributed by atoms with Crippen LogP contribution in [0, 0.1) is 0 Å². The number of hydrogen-bond acceptors (Lipinski definition) is 2. The number of hydrogen-bond donors (Lipinski definition) is 1. The van der Waals surface area contributed by atoms with E-state index in [-0.39, 0.29) is 17.2 Å². The van der Waals surface area contributed by atoms with Gasteiger partial charge in [0.15, 0.2) is 0 Å². The van der Waals surface area contributed by atoms with Crippen molar-refractivity contribution in [2.24, 2.45) is 0 Å². The molecule has 5 heteroatoms. The highest BCUT2D eigenvalue weighted by Gasteiger charge is 2.32. The predicted octanol–water partition coefficient (Wildman–Crippen LogP) is 5.59. The van der Waals surface area contributed by atoms with Gasteiger partial charge in [-0.3, -0.25) is 0 Å². The molecule has 1 aliphatic rings. The van der Waals surface area contributed by atoms with Crippen LogP contribution in [0.2, 0.25) is 0 Å². The molecular formula is C19H20F3NO. The second-order valence-electron chi connectivity index (χ2n) is 7.14. The van der Waals surface area contributed by atoms with Gasteiger partial charge in [0.05, 0.1) is 6.04 Å². The van der Waals surface area contributed by atoms with E-state index < -0.39 is 6.36 Å². The molecule has 2 nitrogen and oxygen atoms in total. The highest BCUT2D eigenvalue weighted by atomic mass is 19.4. The largest absolute Gasteiger partial charge is 0.573 e. The van der Waals surface area contributed by atoms with E-state index in [0.29, 0.717) is 6.42 Å². The molecule has 0 aliphatic carbocycles. The summed E-state index contributed by atoms with van der Waals surface area (Å²) in [7, 11) is 0. The van der Waals surface area contributed by atoms with Crippen LogP contribution < -0.4 is 10.1 Å². The van der Waals surface area contributed by atoms with Gasteiger partial charge in [-0.2, -0.15) is 0 Å². The molecule has 2 aromatic rings. The van der Waals surface area contributed by atoms with Gasteiger partial charge in [-0.15, -0.1) is 13.2 Å². The number of ether oxygens (including phenoxy) is 1. The molecule has 1 aliphatic heterocycles. The van der Waals surface area contributed by atoms with Gasteiger partial charge in [0.25, 0.3) is 0 Å². The minimum absolute atomic E-state index is 0.0650. The monoisotopic (exact) mass is 335 g/mol. The van der Waals surface area contributed by atoms with Crippen molar-refractivity contribution in [1.29, 1.82) is 0 Å². The maximum atomic E-state index is 12.3. The zero-order chi connectivity index (χ0) is 17.5. The van der Waals surface area contributed by atoms with Gasteiger partial charge in [-0.1, -0.05) is 45.0 Å². The van der Waals surface area contributed by atoms with Crippen LogP contribution in [0.1, 0.15) is 43.5 Å². The van der Waals surface area contributed by atoms with Crippen molar-refractivity contribution in [3.05, 3.63) is 59.2 Å². The molecule has 24 heavy (non-hydrogen) atoms. The molecule has 1 heterocycles. The molecule has 128 valence electrons. The van der Waals surface area contributed by atoms with Crippen molar-refractivity contribution in [1.82, 2.24) is 0 Å². The van der Waals surface area contributed by atoms with Crippen LogP contribution in [0.3, 0.4) is 0 Å². The molecule has 1 N–H and O–H groups in total. The summed E-state index contributed by atoms with van der Waals surface area (Å²) in [4.78, 5) is 0. The first-order chi connectivity index (χ1) is 11.1. The topological polar surface area (TPSA) is 21.3 Å². The van der Waals surface area contributed by atoms with E-state index in [1.54, 1.807) is 6.07 Å². The molecular weight excluding hydrogens is 315 g/mol. The third-order valence-corrected chi connectivity index (χ3v) is 4.24. The summed E-state index contributed by atoms with van der Waals surface area (Å²) in [5, 5.41) is 3.36. The Bertz CT molecular complexity index is 730. The van der Waals surface area contributed by atoms with Gasteiger partial charge < -0.3 is 10.1 Å². The normalized spacial score (nSPS) is 17.3. The number of benzene rings is 2. The molecule has 3 rings (SSSR count). The maximum absolute atomic E-state index is 12.3. The fourth-order valence-electron chi connectivity index (χ4n) is 2.95. The van der Waals surface area contributed by atoms with E-state index in [1.807, 2.05) is 0 Å². The number of anilines is 1. The van der Waals surface area contributed by atoms with Gasteiger partial charge in [-0.05, 0) is 46.7 Å². The van der Waals surface area contributed by atoms with Crippen LogP contribution in [0.4, 0.5) is 18.9 Å². The van der Waals surface area contributed by atoms with Gasteiger partial charge >= 0.3 is 6.36 Å². The summed E-state index contributed by atoms with van der Waals surface area (Å²) in [6.45, 7) is 6.48. The molecule has 1 unspecified atom stereocenters. The van der Waals surface area contributed by atoms with Crippen molar-refractivity contribution >= 4 is 5.69 Å². The lowest BCUT2D eigenvalue weighted by Crippen LogP contribution is -2.17. The van der Waals surface area contributed by atoms with Crippen molar-refractivity contribution in [2.45, 2.75) is 45.0 Å². The Kier molecular flexibility index (Phi) is 3.98. The lowest BCUT2D eigenvalue weighted by molar-refractivity contribution is -0.274. The Morgan fingerprint density at radius 2 is 1.67 bits per heavy atom. The molecule has 0 amide bonds. The standard InChI is InChI=1S/C19H20F3NO/c1-18(2,3)14-6-4-12(5-7-14)17-11-13-10-15(24-19(20,21)22)8-9-16(13)23-17/h4-10,17,23H,11H2,1-3H3. The Balaban J connectivity index is 1.76. The summed E-state index contributed by atoms with van der Waals surface area (Å²) in [6, 6.07) is 12.9. The number of alkyl halides is 3. The van der Waals surface area contributed by atoms with E-state index in [9.17, 15) is 13.2 Å². The quantitative estimate of drug-likeness (QED) is 0.772. The third-order valence-electron chi connectivity index (χ3n) is 4.24. The van der Waals surface area contributed by atoms with Crippen LogP contribution in [-0.4, -0.2) is 6.36 Å². The average molecular weight is 335 g/mol. The fraction of sp³-hybridized carbons (Fsp3) is 0.368. The van der Waals surface area contributed by atoms with E-state index in [4.69, 9.17) is 0 Å². The van der Waals surface area contributed by atoms with Gasteiger partial charge in [0, 0.05) is 5.69 Å². The van der Waals surface area contributed by atoms with Crippen molar-refractivity contribution in [3.63, 3.8) is 0 Å². The summed E-state index contributed by atoms with van der Waals surface area (Å²) in [6.07, 6.45) is -4.03. The van der Waals surface area contributed by atoms with Crippen molar-refractivity contribution < 1.29 is 17.9 Å². The summed E-state index contributed by atoms with van der Waals surface area (Å²) in [5.74, 6) is -0.174. The number of halogens is 3. The highest BCUT2D eigenvalue weighted by molar-refractivity contribution is 5.60. The molecule has 2 aromatic carbocycles. The Labute approximate surface area is 139 Å². The van der Waals surface area contributed by atoms with E-state index in [1.165, 1.54) is 17.7 Å². The fourth-order valence-corrected chi connectivity index (χ4v) is 2.95. The summed E-state index contributed by atoms with van der Waals surface area (Å²) >= 11 is 0. The first kappa shape index (κ1) is 16.7. The van der Waals surface area contributed by atoms with Crippen LogP contribution in [0.15, 0.2) is 42.5 Å². The molecule has 0 bridgehead atoms. The Morgan fingerprint density at radius 3 is 2.25 bits per heavy atom. The van der Waals surface area contributed by atoms with E-state index >= 15 is 0 Å². The van der Waals surface area contributed by atoms with Crippen molar-refractivity contribution in [2.75, 3.05) is 5.32 Å². The molecule has 0 fully saturated rings. The lowest BCUT2D eigenvalue weighted by atomic mass is 9.86. The molecule has 0 aromatic heterocycles. The lowest BCUT2D eigenvalue weighted by Gasteiger charge is -2.20. The molecule has 0 saturated heterocycles. The summed E-state index contributed by atoms with van der Waals surface area (Å²) < 4.78 is 41.0. The Morgan fingerprint density at radius 1 is 1.00 bits per heavy atom. The minimum Gasteiger partial charge on any atom is -0.406 e. The first-order valence-electron chi connectivity index (χ1n) is 7.87. The first-order valence-corrected chi connectivity index (χ1v) is 7.87. The van der Waals surface area contributed by atoms with Crippen LogP contribution >= 0.6 is 0 Å². The zero-order valence-electron chi connectivity index (χ0n) is 13.9. The van der Waals surface area contributed by atoms with E-state index in [2.05, 4.69) is 55.1 Å². The number of rotatable bonds is 2. The molecule has 0 spiro atoms. The average Bonchev–Trinajstić information content (AvgIpc) is 2.88. The van der Waals surface area contributed by atoms with Crippen molar-refractivity contribution in [3.8, 4) is 5.75 Å².